The van der Waals surface area contributed by atoms with E-state index in [4.69, 9.17) is 4.84 Å². The zero-order valence-corrected chi connectivity index (χ0v) is 14.2. The van der Waals surface area contributed by atoms with Crippen molar-refractivity contribution in [2.75, 3.05) is 31.1 Å². The van der Waals surface area contributed by atoms with Crippen molar-refractivity contribution in [3.63, 3.8) is 0 Å². The van der Waals surface area contributed by atoms with Gasteiger partial charge in [0, 0.05) is 43.9 Å². The lowest BCUT2D eigenvalue weighted by atomic mass is 9.98. The average Bonchev–Trinajstić information content (AvgIpc) is 2.90. The van der Waals surface area contributed by atoms with Crippen LogP contribution in [0.5, 0.6) is 0 Å². The summed E-state index contributed by atoms with van der Waals surface area (Å²) < 4.78 is 0. The van der Waals surface area contributed by atoms with E-state index in [0.29, 0.717) is 19.5 Å². The van der Waals surface area contributed by atoms with Gasteiger partial charge in [-0.2, -0.15) is 0 Å². The second kappa shape index (κ2) is 5.79. The Bertz CT molecular complexity index is 652. The van der Waals surface area contributed by atoms with E-state index in [-0.39, 0.29) is 5.91 Å². The largest absolute Gasteiger partial charge is 0.379 e. The van der Waals surface area contributed by atoms with E-state index in [1.807, 2.05) is 32.6 Å². The van der Waals surface area contributed by atoms with Gasteiger partial charge in [0.15, 0.2) is 0 Å². The molecule has 1 amide bonds. The summed E-state index contributed by atoms with van der Waals surface area (Å²) in [5.74, 6) is 0.987. The normalized spacial score (nSPS) is 24.4. The number of oxime groups is 1. The number of hydrogen-bond donors (Lipinski definition) is 0. The molecule has 1 atom stereocenters. The first-order valence-corrected chi connectivity index (χ1v) is 7.95. The highest BCUT2D eigenvalue weighted by Crippen LogP contribution is 2.27. The summed E-state index contributed by atoms with van der Waals surface area (Å²) in [5, 5.41) is 3.93. The van der Waals surface area contributed by atoms with Crippen LogP contribution in [-0.4, -0.2) is 58.3 Å². The number of rotatable bonds is 2. The van der Waals surface area contributed by atoms with Gasteiger partial charge in [0.05, 0.1) is 5.71 Å². The van der Waals surface area contributed by atoms with Crippen LogP contribution < -0.4 is 4.90 Å². The van der Waals surface area contributed by atoms with Gasteiger partial charge in [-0.1, -0.05) is 5.16 Å². The third-order valence-corrected chi connectivity index (χ3v) is 4.62. The van der Waals surface area contributed by atoms with Crippen LogP contribution in [0.1, 0.15) is 31.5 Å². The minimum atomic E-state index is -0.840. The second-order valence-electron chi connectivity index (χ2n) is 6.51. The van der Waals surface area contributed by atoms with Gasteiger partial charge >= 0.3 is 0 Å². The molecule has 3 rings (SSSR count). The summed E-state index contributed by atoms with van der Waals surface area (Å²) in [6, 6.07) is 0. The molecule has 1 aromatic rings. The Labute approximate surface area is 136 Å². The lowest BCUT2D eigenvalue weighted by Gasteiger charge is -2.38. The minimum Gasteiger partial charge on any atom is -0.379 e. The fourth-order valence-electron chi connectivity index (χ4n) is 3.15. The summed E-state index contributed by atoms with van der Waals surface area (Å²) in [7, 11) is 0. The first-order chi connectivity index (χ1) is 10.9. The SMILES string of the molecule is CC1=NO[C@@](C)(C(=O)N2CCN(c3ncnc(C)c3C)CC2)C1. The molecule has 0 saturated carbocycles. The van der Waals surface area contributed by atoms with Crippen LogP contribution in [0.4, 0.5) is 5.82 Å². The number of anilines is 1. The molecule has 0 aromatic carbocycles. The number of aromatic nitrogens is 2. The number of amides is 1. The van der Waals surface area contributed by atoms with Crippen LogP contribution in [0.3, 0.4) is 0 Å². The third-order valence-electron chi connectivity index (χ3n) is 4.62. The molecule has 7 nitrogen and oxygen atoms in total. The number of piperazine rings is 1. The van der Waals surface area contributed by atoms with Gasteiger partial charge in [-0.3, -0.25) is 4.79 Å². The smallest absolute Gasteiger partial charge is 0.269 e. The van der Waals surface area contributed by atoms with Crippen molar-refractivity contribution in [1.29, 1.82) is 0 Å². The van der Waals surface area contributed by atoms with E-state index in [2.05, 4.69) is 20.0 Å². The van der Waals surface area contributed by atoms with Crippen molar-refractivity contribution in [3.8, 4) is 0 Å². The topological polar surface area (TPSA) is 70.9 Å². The fraction of sp³-hybridized carbons (Fsp3) is 0.625. The molecule has 7 heteroatoms. The highest BCUT2D eigenvalue weighted by molar-refractivity contribution is 5.94. The summed E-state index contributed by atoms with van der Waals surface area (Å²) in [5.41, 5.74) is 2.12. The van der Waals surface area contributed by atoms with E-state index in [0.717, 1.165) is 35.9 Å². The highest BCUT2D eigenvalue weighted by Gasteiger charge is 2.44. The van der Waals surface area contributed by atoms with Crippen molar-refractivity contribution >= 4 is 17.4 Å². The molecule has 1 fully saturated rings. The number of nitrogens with zero attached hydrogens (tertiary/aromatic N) is 5. The van der Waals surface area contributed by atoms with Crippen LogP contribution in [-0.2, 0) is 9.63 Å². The quantitative estimate of drug-likeness (QED) is 0.822. The standard InChI is InChI=1S/C16H23N5O2/c1-11-9-16(4,23-19-11)15(22)21-7-5-20(6-8-21)14-12(2)13(3)17-10-18-14/h10H,5-9H2,1-4H3/t16-/m1/s1. The number of aryl methyl sites for hydroxylation is 1. The molecular formula is C16H23N5O2. The molecule has 0 bridgehead atoms. The van der Waals surface area contributed by atoms with E-state index >= 15 is 0 Å². The third kappa shape index (κ3) is 2.87. The molecular weight excluding hydrogens is 294 g/mol. The molecule has 0 spiro atoms. The molecule has 0 unspecified atom stereocenters. The molecule has 1 saturated heterocycles. The van der Waals surface area contributed by atoms with Crippen molar-refractivity contribution in [2.24, 2.45) is 5.16 Å². The number of carbonyl (C=O) groups excluding carboxylic acids is 1. The van der Waals surface area contributed by atoms with Crippen LogP contribution >= 0.6 is 0 Å². The molecule has 1 aromatic heterocycles. The lowest BCUT2D eigenvalue weighted by Crippen LogP contribution is -2.55. The lowest BCUT2D eigenvalue weighted by molar-refractivity contribution is -0.153. The Morgan fingerprint density at radius 3 is 2.48 bits per heavy atom. The molecule has 23 heavy (non-hydrogen) atoms. The Balaban J connectivity index is 1.65. The highest BCUT2D eigenvalue weighted by atomic mass is 16.7. The zero-order valence-electron chi connectivity index (χ0n) is 14.2. The van der Waals surface area contributed by atoms with Crippen molar-refractivity contribution < 1.29 is 9.63 Å². The molecule has 2 aliphatic rings. The van der Waals surface area contributed by atoms with Crippen LogP contribution in [0.25, 0.3) is 0 Å². The molecule has 0 radical (unpaired) electrons. The maximum Gasteiger partial charge on any atom is 0.269 e. The maximum atomic E-state index is 12.7. The summed E-state index contributed by atoms with van der Waals surface area (Å²) in [6.07, 6.45) is 2.17. The van der Waals surface area contributed by atoms with Crippen molar-refractivity contribution in [2.45, 2.75) is 39.7 Å². The first kappa shape index (κ1) is 15.7. The number of hydrogen-bond acceptors (Lipinski definition) is 6. The predicted molar refractivity (Wildman–Crippen MR) is 87.5 cm³/mol. The average molecular weight is 317 g/mol. The predicted octanol–water partition coefficient (Wildman–Crippen LogP) is 1.30. The van der Waals surface area contributed by atoms with Gasteiger partial charge in [0.25, 0.3) is 5.91 Å². The summed E-state index contributed by atoms with van der Waals surface area (Å²) in [6.45, 7) is 10.6. The van der Waals surface area contributed by atoms with E-state index < -0.39 is 5.60 Å². The van der Waals surface area contributed by atoms with Crippen molar-refractivity contribution in [3.05, 3.63) is 17.6 Å². The Kier molecular flexibility index (Phi) is 3.95. The van der Waals surface area contributed by atoms with E-state index in [1.165, 1.54) is 0 Å². The van der Waals surface area contributed by atoms with E-state index in [1.54, 1.807) is 6.33 Å². The summed E-state index contributed by atoms with van der Waals surface area (Å²) in [4.78, 5) is 30.8. The Morgan fingerprint density at radius 1 is 1.17 bits per heavy atom. The van der Waals surface area contributed by atoms with Gasteiger partial charge in [-0.25, -0.2) is 9.97 Å². The monoisotopic (exact) mass is 317 g/mol. The zero-order chi connectivity index (χ0) is 16.6. The number of carbonyl (C=O) groups is 1. The first-order valence-electron chi connectivity index (χ1n) is 7.95. The second-order valence-corrected chi connectivity index (χ2v) is 6.51. The molecule has 124 valence electrons. The molecule has 0 aliphatic carbocycles. The molecule has 3 heterocycles. The summed E-state index contributed by atoms with van der Waals surface area (Å²) >= 11 is 0. The van der Waals surface area contributed by atoms with Crippen LogP contribution in [0.15, 0.2) is 11.5 Å². The van der Waals surface area contributed by atoms with Gasteiger partial charge in [-0.15, -0.1) is 0 Å². The van der Waals surface area contributed by atoms with Gasteiger partial charge in [-0.05, 0) is 27.7 Å². The molecule has 2 aliphatic heterocycles. The minimum absolute atomic E-state index is 0.0216. The fourth-order valence-corrected chi connectivity index (χ4v) is 3.15. The van der Waals surface area contributed by atoms with Gasteiger partial charge in [0.1, 0.15) is 12.1 Å². The van der Waals surface area contributed by atoms with Gasteiger partial charge < -0.3 is 14.6 Å². The Hall–Kier alpha value is -2.18. The Morgan fingerprint density at radius 2 is 1.87 bits per heavy atom. The van der Waals surface area contributed by atoms with E-state index in [9.17, 15) is 4.79 Å². The van der Waals surface area contributed by atoms with Crippen molar-refractivity contribution in [1.82, 2.24) is 14.9 Å². The van der Waals surface area contributed by atoms with Crippen LogP contribution in [0, 0.1) is 13.8 Å². The maximum absolute atomic E-state index is 12.7. The molecule has 0 N–H and O–H groups in total. The van der Waals surface area contributed by atoms with Gasteiger partial charge in [0.2, 0.25) is 5.60 Å². The van der Waals surface area contributed by atoms with Crippen LogP contribution in [0.2, 0.25) is 0 Å².